The van der Waals surface area contributed by atoms with E-state index in [1.165, 1.54) is 0 Å². The zero-order valence-electron chi connectivity index (χ0n) is 8.06. The summed E-state index contributed by atoms with van der Waals surface area (Å²) in [4.78, 5) is 0. The van der Waals surface area contributed by atoms with E-state index in [0.29, 0.717) is 5.02 Å². The van der Waals surface area contributed by atoms with Crippen molar-refractivity contribution in [2.24, 2.45) is 5.73 Å². The molecule has 2 nitrogen and oxygen atoms in total. The van der Waals surface area contributed by atoms with Gasteiger partial charge >= 0.3 is 0 Å². The maximum Gasteiger partial charge on any atom is 0.123 e. The third-order valence-corrected chi connectivity index (χ3v) is 2.58. The van der Waals surface area contributed by atoms with Gasteiger partial charge in [-0.25, -0.2) is 0 Å². The minimum absolute atomic E-state index is 0.197. The maximum absolute atomic E-state index is 9.73. The molecule has 3 heteroatoms. The van der Waals surface area contributed by atoms with E-state index in [9.17, 15) is 5.11 Å². The number of rotatable bonds is 1. The highest BCUT2D eigenvalue weighted by molar-refractivity contribution is 6.31. The van der Waals surface area contributed by atoms with Gasteiger partial charge in [0.05, 0.1) is 0 Å². The van der Waals surface area contributed by atoms with E-state index in [4.69, 9.17) is 17.3 Å². The third-order valence-electron chi connectivity index (χ3n) is 2.19. The molecule has 0 amide bonds. The van der Waals surface area contributed by atoms with Crippen molar-refractivity contribution in [1.82, 2.24) is 0 Å². The number of aryl methyl sites for hydroxylation is 1. The fourth-order valence-electron chi connectivity index (χ4n) is 1.44. The fraction of sp³-hybridized carbons (Fsp3) is 0.400. The first-order valence-electron chi connectivity index (χ1n) is 4.19. The third kappa shape index (κ3) is 1.79. The van der Waals surface area contributed by atoms with Gasteiger partial charge in [-0.2, -0.15) is 0 Å². The minimum Gasteiger partial charge on any atom is -0.507 e. The van der Waals surface area contributed by atoms with Crippen molar-refractivity contribution in [3.05, 3.63) is 27.8 Å². The van der Waals surface area contributed by atoms with Gasteiger partial charge in [-0.15, -0.1) is 0 Å². The van der Waals surface area contributed by atoms with E-state index < -0.39 is 0 Å². The summed E-state index contributed by atoms with van der Waals surface area (Å²) in [6.45, 7) is 5.50. The normalized spacial score (nSPS) is 13.0. The van der Waals surface area contributed by atoms with Crippen LogP contribution in [0.1, 0.15) is 29.7 Å². The Morgan fingerprint density at radius 1 is 1.46 bits per heavy atom. The van der Waals surface area contributed by atoms with Crippen molar-refractivity contribution in [3.63, 3.8) is 0 Å². The zero-order valence-corrected chi connectivity index (χ0v) is 8.81. The van der Waals surface area contributed by atoms with Crippen LogP contribution in [0.4, 0.5) is 0 Å². The lowest BCUT2D eigenvalue weighted by molar-refractivity contribution is 0.458. The van der Waals surface area contributed by atoms with Crippen molar-refractivity contribution in [3.8, 4) is 5.75 Å². The Morgan fingerprint density at radius 3 is 2.46 bits per heavy atom. The number of phenols is 1. The van der Waals surface area contributed by atoms with Crippen molar-refractivity contribution in [2.45, 2.75) is 26.8 Å². The first-order chi connectivity index (χ1) is 5.95. The summed E-state index contributed by atoms with van der Waals surface area (Å²) in [6, 6.07) is 1.55. The number of halogens is 1. The Balaban J connectivity index is 3.46. The fourth-order valence-corrected chi connectivity index (χ4v) is 1.71. The number of aromatic hydroxyl groups is 1. The molecule has 1 aromatic carbocycles. The Hall–Kier alpha value is -0.730. The van der Waals surface area contributed by atoms with Crippen LogP contribution >= 0.6 is 11.6 Å². The highest BCUT2D eigenvalue weighted by Gasteiger charge is 2.14. The molecule has 3 N–H and O–H groups in total. The van der Waals surface area contributed by atoms with Crippen LogP contribution in [0.15, 0.2) is 6.07 Å². The molecule has 0 spiro atoms. The molecule has 13 heavy (non-hydrogen) atoms. The molecule has 0 fully saturated rings. The van der Waals surface area contributed by atoms with Crippen LogP contribution in [0.3, 0.4) is 0 Å². The lowest BCUT2D eigenvalue weighted by Gasteiger charge is -2.15. The second-order valence-corrected chi connectivity index (χ2v) is 3.76. The summed E-state index contributed by atoms with van der Waals surface area (Å²) in [5, 5.41) is 10.4. The lowest BCUT2D eigenvalue weighted by atomic mass is 9.99. The maximum atomic E-state index is 9.73. The number of hydrogen-bond donors (Lipinski definition) is 2. The Kier molecular flexibility index (Phi) is 2.84. The number of benzene rings is 1. The van der Waals surface area contributed by atoms with Crippen LogP contribution in [0.25, 0.3) is 0 Å². The summed E-state index contributed by atoms with van der Waals surface area (Å²) in [6.07, 6.45) is 0. The van der Waals surface area contributed by atoms with E-state index in [-0.39, 0.29) is 11.8 Å². The van der Waals surface area contributed by atoms with Crippen LogP contribution in [-0.2, 0) is 0 Å². The molecular weight excluding hydrogens is 186 g/mol. The van der Waals surface area contributed by atoms with E-state index in [1.807, 2.05) is 20.8 Å². The van der Waals surface area contributed by atoms with E-state index in [1.54, 1.807) is 6.07 Å². The van der Waals surface area contributed by atoms with Crippen LogP contribution in [-0.4, -0.2) is 5.11 Å². The summed E-state index contributed by atoms with van der Waals surface area (Å²) < 4.78 is 0. The average Bonchev–Trinajstić information content (AvgIpc) is 2.01. The molecule has 0 unspecified atom stereocenters. The Bertz CT molecular complexity index is 308. The summed E-state index contributed by atoms with van der Waals surface area (Å²) >= 11 is 5.97. The molecule has 0 radical (unpaired) electrons. The van der Waals surface area contributed by atoms with E-state index in [0.717, 1.165) is 16.7 Å². The van der Waals surface area contributed by atoms with Gasteiger partial charge in [0.25, 0.3) is 0 Å². The van der Waals surface area contributed by atoms with Crippen molar-refractivity contribution in [1.29, 1.82) is 0 Å². The molecule has 0 heterocycles. The SMILES string of the molecule is Cc1cc(Cl)c(C)c([C@H](C)N)c1O. The van der Waals surface area contributed by atoms with Gasteiger partial charge in [0.2, 0.25) is 0 Å². The zero-order chi connectivity index (χ0) is 10.2. The second kappa shape index (κ2) is 3.56. The van der Waals surface area contributed by atoms with Gasteiger partial charge < -0.3 is 10.8 Å². The molecule has 1 atom stereocenters. The van der Waals surface area contributed by atoms with Crippen LogP contribution < -0.4 is 5.73 Å². The Morgan fingerprint density at radius 2 is 2.00 bits per heavy atom. The molecular formula is C10H14ClNO. The van der Waals surface area contributed by atoms with Gasteiger partial charge in [0.1, 0.15) is 5.75 Å². The largest absolute Gasteiger partial charge is 0.507 e. The molecule has 0 bridgehead atoms. The average molecular weight is 200 g/mol. The monoisotopic (exact) mass is 199 g/mol. The highest BCUT2D eigenvalue weighted by atomic mass is 35.5. The predicted octanol–water partition coefficient (Wildman–Crippen LogP) is 2.68. The van der Waals surface area contributed by atoms with Gasteiger partial charge in [0.15, 0.2) is 0 Å². The van der Waals surface area contributed by atoms with E-state index >= 15 is 0 Å². The standard InChI is InChI=1S/C10H14ClNO/c1-5-4-8(11)6(2)9(7(3)12)10(5)13/h4,7,13H,12H2,1-3H3/t7-/m0/s1. The molecule has 0 aliphatic heterocycles. The van der Waals surface area contributed by atoms with Crippen LogP contribution in [0, 0.1) is 13.8 Å². The van der Waals surface area contributed by atoms with Crippen LogP contribution in [0.2, 0.25) is 5.02 Å². The summed E-state index contributed by atoms with van der Waals surface area (Å²) in [7, 11) is 0. The second-order valence-electron chi connectivity index (χ2n) is 3.35. The first-order valence-corrected chi connectivity index (χ1v) is 4.57. The van der Waals surface area contributed by atoms with Gasteiger partial charge in [0, 0.05) is 16.6 Å². The predicted molar refractivity (Wildman–Crippen MR) is 55.2 cm³/mol. The molecule has 0 saturated carbocycles. The highest BCUT2D eigenvalue weighted by Crippen LogP contribution is 2.34. The summed E-state index contributed by atoms with van der Waals surface area (Å²) in [5.74, 6) is 0.261. The first kappa shape index (κ1) is 10.4. The van der Waals surface area contributed by atoms with E-state index in [2.05, 4.69) is 0 Å². The molecule has 1 rings (SSSR count). The van der Waals surface area contributed by atoms with Crippen molar-refractivity contribution in [2.75, 3.05) is 0 Å². The van der Waals surface area contributed by atoms with Gasteiger partial charge in [-0.1, -0.05) is 11.6 Å². The molecule has 0 saturated heterocycles. The Labute approximate surface area is 83.3 Å². The number of phenolic OH excluding ortho intramolecular Hbond substituents is 1. The smallest absolute Gasteiger partial charge is 0.123 e. The molecule has 0 aliphatic rings. The summed E-state index contributed by atoms with van der Waals surface area (Å²) in [5.41, 5.74) is 8.10. The number of nitrogens with two attached hydrogens (primary N) is 1. The molecule has 0 aliphatic carbocycles. The van der Waals surface area contributed by atoms with Crippen LogP contribution in [0.5, 0.6) is 5.75 Å². The lowest BCUT2D eigenvalue weighted by Crippen LogP contribution is -2.08. The number of hydrogen-bond acceptors (Lipinski definition) is 2. The van der Waals surface area contributed by atoms with Crippen molar-refractivity contribution < 1.29 is 5.11 Å². The minimum atomic E-state index is -0.197. The van der Waals surface area contributed by atoms with Crippen molar-refractivity contribution >= 4 is 11.6 Å². The molecule has 1 aromatic rings. The topological polar surface area (TPSA) is 46.2 Å². The molecule has 0 aromatic heterocycles. The van der Waals surface area contributed by atoms with Gasteiger partial charge in [-0.3, -0.25) is 0 Å². The molecule has 72 valence electrons. The van der Waals surface area contributed by atoms with Gasteiger partial charge in [-0.05, 0) is 38.0 Å². The quantitative estimate of drug-likeness (QED) is 0.731.